The van der Waals surface area contributed by atoms with Gasteiger partial charge in [-0.3, -0.25) is 0 Å². The van der Waals surface area contributed by atoms with Crippen LogP contribution in [0.3, 0.4) is 0 Å². The van der Waals surface area contributed by atoms with Crippen molar-refractivity contribution in [2.45, 2.75) is 25.4 Å². The van der Waals surface area contributed by atoms with E-state index >= 15 is 0 Å². The predicted molar refractivity (Wildman–Crippen MR) is 137 cm³/mol. The van der Waals surface area contributed by atoms with Gasteiger partial charge in [-0.15, -0.1) is 0 Å². The van der Waals surface area contributed by atoms with Crippen LogP contribution >= 0.6 is 23.2 Å². The molecule has 5 rings (SSSR count). The maximum atomic E-state index is 6.55. The van der Waals surface area contributed by atoms with Crippen molar-refractivity contribution in [2.75, 3.05) is 50.8 Å². The molecule has 3 aromatic rings. The summed E-state index contributed by atoms with van der Waals surface area (Å²) in [7, 11) is 0. The van der Waals surface area contributed by atoms with E-state index in [1.54, 1.807) is 24.7 Å². The van der Waals surface area contributed by atoms with Gasteiger partial charge in [-0.05, 0) is 42.9 Å². The predicted octanol–water partition coefficient (Wildman–Crippen LogP) is 4.68. The molecule has 0 bridgehead atoms. The highest BCUT2D eigenvalue weighted by atomic mass is 35.5. The molecule has 2 fully saturated rings. The first-order valence-electron chi connectivity index (χ1n) is 12.0. The average Bonchev–Trinajstić information content (AvgIpc) is 3.54. The number of ether oxygens (including phenoxy) is 3. The SMILES string of the molecule is CCN1CCN(c2ccc(OCC3COC(Cn4ccnc4)(c4ccc(Cl)cc4Cl)O3)cc2)CC1. The van der Waals surface area contributed by atoms with Gasteiger partial charge in [0.25, 0.3) is 0 Å². The topological polar surface area (TPSA) is 52.0 Å². The summed E-state index contributed by atoms with van der Waals surface area (Å²) < 4.78 is 20.7. The molecule has 1 aromatic heterocycles. The van der Waals surface area contributed by atoms with Crippen LogP contribution in [0.5, 0.6) is 5.75 Å². The van der Waals surface area contributed by atoms with Crippen LogP contribution in [0.25, 0.3) is 0 Å². The zero-order chi connectivity index (χ0) is 24.3. The van der Waals surface area contributed by atoms with Gasteiger partial charge >= 0.3 is 0 Å². The Kier molecular flexibility index (Phi) is 7.51. The first-order valence-corrected chi connectivity index (χ1v) is 12.7. The minimum Gasteiger partial charge on any atom is -0.491 e. The molecule has 2 saturated heterocycles. The molecule has 0 aliphatic carbocycles. The largest absolute Gasteiger partial charge is 0.491 e. The number of rotatable bonds is 8. The second-order valence-electron chi connectivity index (χ2n) is 8.89. The van der Waals surface area contributed by atoms with Crippen molar-refractivity contribution in [3.8, 4) is 5.75 Å². The van der Waals surface area contributed by atoms with Crippen molar-refractivity contribution in [3.05, 3.63) is 76.8 Å². The number of imidazole rings is 1. The van der Waals surface area contributed by atoms with Crippen molar-refractivity contribution < 1.29 is 14.2 Å². The summed E-state index contributed by atoms with van der Waals surface area (Å²) in [4.78, 5) is 9.03. The molecule has 2 atom stereocenters. The lowest BCUT2D eigenvalue weighted by Crippen LogP contribution is -2.46. The van der Waals surface area contributed by atoms with E-state index in [9.17, 15) is 0 Å². The summed E-state index contributed by atoms with van der Waals surface area (Å²) in [6, 6.07) is 13.6. The summed E-state index contributed by atoms with van der Waals surface area (Å²) in [6.07, 6.45) is 5.06. The standard InChI is InChI=1S/C26H30Cl2N4O3/c1-2-30-11-13-32(14-12-30)21-4-6-22(7-5-21)33-16-23-17-34-26(35-23,18-31-10-9-29-19-31)24-8-3-20(27)15-25(24)28/h3-10,15,19,23H,2,11-14,16-18H2,1H3. The Morgan fingerprint density at radius 1 is 1.09 bits per heavy atom. The number of aromatic nitrogens is 2. The first-order chi connectivity index (χ1) is 17.0. The molecule has 7 nitrogen and oxygen atoms in total. The molecule has 2 aliphatic rings. The summed E-state index contributed by atoms with van der Waals surface area (Å²) in [5, 5.41) is 1.06. The van der Waals surface area contributed by atoms with E-state index in [-0.39, 0.29) is 6.10 Å². The molecule has 3 heterocycles. The molecule has 2 unspecified atom stereocenters. The molecule has 9 heteroatoms. The van der Waals surface area contributed by atoms with Crippen LogP contribution in [-0.2, 0) is 21.8 Å². The number of anilines is 1. The molecule has 2 aromatic carbocycles. The van der Waals surface area contributed by atoms with Crippen LogP contribution in [0, 0.1) is 0 Å². The Hall–Kier alpha value is -2.29. The minimum absolute atomic E-state index is 0.257. The van der Waals surface area contributed by atoms with Crippen molar-refractivity contribution >= 4 is 28.9 Å². The third-order valence-electron chi connectivity index (χ3n) is 6.61. The van der Waals surface area contributed by atoms with Crippen LogP contribution in [0.15, 0.2) is 61.2 Å². The van der Waals surface area contributed by atoms with Crippen molar-refractivity contribution in [1.29, 1.82) is 0 Å². The molecular weight excluding hydrogens is 487 g/mol. The number of hydrogen-bond donors (Lipinski definition) is 0. The third kappa shape index (κ3) is 5.60. The van der Waals surface area contributed by atoms with Crippen molar-refractivity contribution in [2.24, 2.45) is 0 Å². The number of hydrogen-bond acceptors (Lipinski definition) is 6. The smallest absolute Gasteiger partial charge is 0.215 e. The maximum Gasteiger partial charge on any atom is 0.215 e. The molecular formula is C26H30Cl2N4O3. The van der Waals surface area contributed by atoms with Gasteiger partial charge in [0.15, 0.2) is 0 Å². The first kappa shape index (κ1) is 24.4. The number of halogens is 2. The molecule has 35 heavy (non-hydrogen) atoms. The van der Waals surface area contributed by atoms with Gasteiger partial charge in [-0.25, -0.2) is 4.98 Å². The molecule has 0 saturated carbocycles. The van der Waals surface area contributed by atoms with E-state index < -0.39 is 5.79 Å². The Labute approximate surface area is 216 Å². The fourth-order valence-electron chi connectivity index (χ4n) is 4.64. The molecule has 0 radical (unpaired) electrons. The summed E-state index contributed by atoms with van der Waals surface area (Å²) in [5.41, 5.74) is 1.96. The Balaban J connectivity index is 1.23. The third-order valence-corrected chi connectivity index (χ3v) is 7.16. The lowest BCUT2D eigenvalue weighted by molar-refractivity contribution is -0.189. The van der Waals surface area contributed by atoms with Gasteiger partial charge in [0.1, 0.15) is 18.5 Å². The second kappa shape index (κ2) is 10.8. The second-order valence-corrected chi connectivity index (χ2v) is 9.73. The Morgan fingerprint density at radius 3 is 2.57 bits per heavy atom. The molecule has 0 N–H and O–H groups in total. The number of benzene rings is 2. The van der Waals surface area contributed by atoms with E-state index in [1.165, 1.54) is 5.69 Å². The summed E-state index contributed by atoms with van der Waals surface area (Å²) in [5.74, 6) is -0.248. The Morgan fingerprint density at radius 2 is 1.89 bits per heavy atom. The zero-order valence-corrected chi connectivity index (χ0v) is 21.3. The quantitative estimate of drug-likeness (QED) is 0.433. The van der Waals surface area contributed by atoms with E-state index in [2.05, 4.69) is 33.8 Å². The Bertz CT molecular complexity index is 1100. The molecule has 2 aliphatic heterocycles. The van der Waals surface area contributed by atoms with Gasteiger partial charge in [0.05, 0.1) is 24.5 Å². The number of piperazine rings is 1. The summed E-state index contributed by atoms with van der Waals surface area (Å²) >= 11 is 12.7. The van der Waals surface area contributed by atoms with E-state index in [1.807, 2.05) is 29.0 Å². The van der Waals surface area contributed by atoms with Gasteiger partial charge in [-0.2, -0.15) is 0 Å². The monoisotopic (exact) mass is 516 g/mol. The lowest BCUT2D eigenvalue weighted by Gasteiger charge is -2.35. The summed E-state index contributed by atoms with van der Waals surface area (Å²) in [6.45, 7) is 8.79. The molecule has 186 valence electrons. The average molecular weight is 517 g/mol. The fraction of sp³-hybridized carbons (Fsp3) is 0.423. The van der Waals surface area contributed by atoms with Gasteiger partial charge in [0.2, 0.25) is 5.79 Å². The van der Waals surface area contributed by atoms with E-state index in [4.69, 9.17) is 37.4 Å². The van der Waals surface area contributed by atoms with Crippen LogP contribution in [-0.4, -0.2) is 66.5 Å². The van der Waals surface area contributed by atoms with E-state index in [0.717, 1.165) is 44.0 Å². The minimum atomic E-state index is -1.05. The van der Waals surface area contributed by atoms with Crippen LogP contribution in [0.2, 0.25) is 10.0 Å². The van der Waals surface area contributed by atoms with Crippen LogP contribution in [0.1, 0.15) is 12.5 Å². The normalized spacial score (nSPS) is 23.1. The van der Waals surface area contributed by atoms with Crippen LogP contribution in [0.4, 0.5) is 5.69 Å². The van der Waals surface area contributed by atoms with Gasteiger partial charge < -0.3 is 28.6 Å². The molecule has 0 amide bonds. The highest BCUT2D eigenvalue weighted by Crippen LogP contribution is 2.40. The maximum absolute atomic E-state index is 6.55. The van der Waals surface area contributed by atoms with Gasteiger partial charge in [-0.1, -0.05) is 36.2 Å². The fourth-order valence-corrected chi connectivity index (χ4v) is 5.19. The van der Waals surface area contributed by atoms with E-state index in [0.29, 0.717) is 29.8 Å². The van der Waals surface area contributed by atoms with Crippen molar-refractivity contribution in [3.63, 3.8) is 0 Å². The highest BCUT2D eigenvalue weighted by molar-refractivity contribution is 6.35. The lowest BCUT2D eigenvalue weighted by atomic mass is 10.1. The highest BCUT2D eigenvalue weighted by Gasteiger charge is 2.45. The number of likely N-dealkylation sites (N-methyl/N-ethyl adjacent to an activating group) is 1. The van der Waals surface area contributed by atoms with Crippen LogP contribution < -0.4 is 9.64 Å². The van der Waals surface area contributed by atoms with Gasteiger partial charge in [0, 0.05) is 54.8 Å². The van der Waals surface area contributed by atoms with Crippen molar-refractivity contribution in [1.82, 2.24) is 14.5 Å². The number of nitrogens with zero attached hydrogens (tertiary/aromatic N) is 4. The zero-order valence-electron chi connectivity index (χ0n) is 19.8. The molecule has 0 spiro atoms.